The Balaban J connectivity index is 0.00000127. The summed E-state index contributed by atoms with van der Waals surface area (Å²) in [7, 11) is -1.81. The molecule has 2 aromatic rings. The number of aldehydes is 1. The first-order valence-corrected chi connectivity index (χ1v) is 13.3. The van der Waals surface area contributed by atoms with Crippen molar-refractivity contribution in [1.29, 1.82) is 0 Å². The number of benzene rings is 1. The van der Waals surface area contributed by atoms with Crippen molar-refractivity contribution in [3.05, 3.63) is 58.8 Å². The van der Waals surface area contributed by atoms with Crippen molar-refractivity contribution in [3.8, 4) is 0 Å². The van der Waals surface area contributed by atoms with Crippen LogP contribution in [0.4, 0.5) is 26.3 Å². The first-order valence-electron chi connectivity index (χ1n) is 12.1. The highest BCUT2D eigenvalue weighted by Crippen LogP contribution is 2.37. The van der Waals surface area contributed by atoms with E-state index in [1.54, 1.807) is 6.07 Å². The van der Waals surface area contributed by atoms with E-state index in [0.717, 1.165) is 30.6 Å². The zero-order valence-electron chi connectivity index (χ0n) is 20.8. The average Bonchev–Trinajstić information content (AvgIpc) is 3.72. The second-order valence-electron chi connectivity index (χ2n) is 9.32. The molecule has 2 atom stereocenters. The predicted octanol–water partition coefficient (Wildman–Crippen LogP) is 6.25. The van der Waals surface area contributed by atoms with Crippen LogP contribution in [-0.4, -0.2) is 44.6 Å². The molecule has 5 nitrogen and oxygen atoms in total. The number of halogens is 6. The van der Waals surface area contributed by atoms with Gasteiger partial charge in [-0.15, -0.1) is 0 Å². The molecule has 0 radical (unpaired) electrons. The van der Waals surface area contributed by atoms with E-state index in [0.29, 0.717) is 44.3 Å². The van der Waals surface area contributed by atoms with Gasteiger partial charge in [-0.05, 0) is 68.2 Å². The van der Waals surface area contributed by atoms with Crippen LogP contribution in [0, 0.1) is 5.92 Å². The fourth-order valence-corrected chi connectivity index (χ4v) is 5.84. The summed E-state index contributed by atoms with van der Waals surface area (Å²) in [4.78, 5) is 27.0. The smallest absolute Gasteiger partial charge is 0.339 e. The van der Waals surface area contributed by atoms with Crippen LogP contribution in [0.5, 0.6) is 0 Å². The highest BCUT2D eigenvalue weighted by molar-refractivity contribution is 7.86. The van der Waals surface area contributed by atoms with Gasteiger partial charge in [0.05, 0.1) is 21.9 Å². The number of nitrogens with zero attached hydrogens (tertiary/aromatic N) is 2. The number of alkyl halides is 6. The van der Waals surface area contributed by atoms with Gasteiger partial charge in [0, 0.05) is 18.3 Å². The molecule has 1 saturated carbocycles. The second-order valence-corrected chi connectivity index (χ2v) is 11.0. The highest BCUT2D eigenvalue weighted by Gasteiger charge is 2.39. The third-order valence-electron chi connectivity index (χ3n) is 6.67. The van der Waals surface area contributed by atoms with E-state index in [4.69, 9.17) is 4.79 Å². The van der Waals surface area contributed by atoms with Crippen molar-refractivity contribution in [3.63, 3.8) is 0 Å². The van der Waals surface area contributed by atoms with Gasteiger partial charge in [0.1, 0.15) is 17.0 Å². The molecule has 1 unspecified atom stereocenters. The van der Waals surface area contributed by atoms with Crippen molar-refractivity contribution in [2.45, 2.75) is 68.1 Å². The van der Waals surface area contributed by atoms with Crippen LogP contribution in [0.15, 0.2) is 41.4 Å². The van der Waals surface area contributed by atoms with Crippen LogP contribution in [0.25, 0.3) is 0 Å². The Morgan fingerprint density at radius 1 is 1.03 bits per heavy atom. The fraction of sp³-hybridized carbons (Fsp3) is 0.500. The molecule has 2 fully saturated rings. The Kier molecular flexibility index (Phi) is 9.38. The molecule has 2 heterocycles. The van der Waals surface area contributed by atoms with Crippen molar-refractivity contribution >= 4 is 23.0 Å². The highest BCUT2D eigenvalue weighted by atomic mass is 32.2. The van der Waals surface area contributed by atoms with Crippen LogP contribution in [0.3, 0.4) is 0 Å². The predicted molar refractivity (Wildman–Crippen MR) is 129 cm³/mol. The van der Waals surface area contributed by atoms with Crippen LogP contribution in [0.2, 0.25) is 0 Å². The Hall–Kier alpha value is -2.76. The number of piperidine rings is 1. The molecular weight excluding hydrogens is 534 g/mol. The molecule has 2 aliphatic rings. The Bertz CT molecular complexity index is 1170. The van der Waals surface area contributed by atoms with Crippen molar-refractivity contribution in [1.82, 2.24) is 9.88 Å². The molecule has 208 valence electrons. The van der Waals surface area contributed by atoms with Gasteiger partial charge < -0.3 is 9.69 Å². The number of hydrogen-bond acceptors (Lipinski definition) is 4. The van der Waals surface area contributed by atoms with Gasteiger partial charge in [0.25, 0.3) is 5.91 Å². The minimum Gasteiger partial charge on any atom is -0.339 e. The summed E-state index contributed by atoms with van der Waals surface area (Å²) in [6, 6.07) is 6.99. The van der Waals surface area contributed by atoms with E-state index >= 15 is 0 Å². The number of amides is 1. The van der Waals surface area contributed by atoms with E-state index in [1.807, 2.05) is 6.92 Å². The van der Waals surface area contributed by atoms with Gasteiger partial charge in [0.15, 0.2) is 0 Å². The molecule has 1 aliphatic carbocycles. The lowest BCUT2D eigenvalue weighted by molar-refractivity contribution is -0.141. The molecule has 0 bridgehead atoms. The molecule has 38 heavy (non-hydrogen) atoms. The summed E-state index contributed by atoms with van der Waals surface area (Å²) in [6.45, 7) is 3.89. The molecule has 1 aliphatic heterocycles. The molecule has 1 aromatic carbocycles. The zero-order chi connectivity index (χ0) is 28.3. The lowest BCUT2D eigenvalue weighted by Crippen LogP contribution is -2.40. The van der Waals surface area contributed by atoms with Crippen LogP contribution >= 0.6 is 0 Å². The van der Waals surface area contributed by atoms with Crippen molar-refractivity contribution in [2.75, 3.05) is 13.1 Å². The SMILES string of the molecule is CC=O.C[C@@H](c1cccc(C(F)(F)F)c1)C1CCN(C(=O)c2ccc(C(F)(F)F)nc2S(=O)C2CC2)CC1. The summed E-state index contributed by atoms with van der Waals surface area (Å²) < 4.78 is 91.4. The average molecular weight is 563 g/mol. The van der Waals surface area contributed by atoms with Gasteiger partial charge in [0.2, 0.25) is 0 Å². The molecule has 1 aromatic heterocycles. The Morgan fingerprint density at radius 2 is 1.63 bits per heavy atom. The number of carbonyl (C=O) groups is 2. The van der Waals surface area contributed by atoms with Gasteiger partial charge in [-0.25, -0.2) is 4.98 Å². The number of aromatic nitrogens is 1. The molecular formula is C26H28F6N2O3S. The van der Waals surface area contributed by atoms with Gasteiger partial charge >= 0.3 is 12.4 Å². The molecule has 1 amide bonds. The monoisotopic (exact) mass is 562 g/mol. The number of likely N-dealkylation sites (tertiary alicyclic amines) is 1. The van der Waals surface area contributed by atoms with Crippen LogP contribution < -0.4 is 0 Å². The number of pyridine rings is 1. The van der Waals surface area contributed by atoms with E-state index in [2.05, 4.69) is 4.98 Å². The molecule has 4 rings (SSSR count). The Labute approximate surface area is 219 Å². The first kappa shape index (κ1) is 29.8. The molecule has 0 spiro atoms. The lowest BCUT2D eigenvalue weighted by atomic mass is 9.81. The standard InChI is InChI=1S/C24H24F6N2O2S.C2H4O/c1-14(16-3-2-4-17(13-16)23(25,26)27)15-9-11-32(12-10-15)22(33)19-7-8-20(24(28,29)30)31-21(19)35(34)18-5-6-18;1-2-3/h2-4,7-8,13-15,18H,5-6,9-12H2,1H3;2H,1H3/t14-,35?;/m1./s1. The zero-order valence-corrected chi connectivity index (χ0v) is 21.6. The maximum absolute atomic E-state index is 13.2. The van der Waals surface area contributed by atoms with E-state index in [1.165, 1.54) is 17.9 Å². The summed E-state index contributed by atoms with van der Waals surface area (Å²) in [5, 5.41) is -0.622. The molecule has 0 N–H and O–H groups in total. The van der Waals surface area contributed by atoms with Crippen LogP contribution in [-0.2, 0) is 27.9 Å². The fourth-order valence-electron chi connectivity index (χ4n) is 4.40. The van der Waals surface area contributed by atoms with Crippen molar-refractivity contribution in [2.24, 2.45) is 5.92 Å². The van der Waals surface area contributed by atoms with Gasteiger partial charge in [-0.1, -0.05) is 25.1 Å². The van der Waals surface area contributed by atoms with Crippen molar-refractivity contribution < 1.29 is 40.1 Å². The summed E-state index contributed by atoms with van der Waals surface area (Å²) >= 11 is 0. The van der Waals surface area contributed by atoms with E-state index in [9.17, 15) is 35.3 Å². The normalized spacial score (nSPS) is 18.3. The van der Waals surface area contributed by atoms with Gasteiger partial charge in [-0.3, -0.25) is 9.00 Å². The first-order chi connectivity index (χ1) is 17.8. The lowest BCUT2D eigenvalue weighted by Gasteiger charge is -2.35. The summed E-state index contributed by atoms with van der Waals surface area (Å²) in [6.07, 6.45) is -6.13. The van der Waals surface area contributed by atoms with E-state index in [-0.39, 0.29) is 27.7 Å². The third-order valence-corrected chi connectivity index (χ3v) is 8.44. The minimum atomic E-state index is -4.72. The number of carbonyl (C=O) groups excluding carboxylic acids is 2. The topological polar surface area (TPSA) is 67.3 Å². The number of hydrogen-bond donors (Lipinski definition) is 0. The third kappa shape index (κ3) is 7.21. The minimum absolute atomic E-state index is 0.0355. The van der Waals surface area contributed by atoms with Gasteiger partial charge in [-0.2, -0.15) is 26.3 Å². The van der Waals surface area contributed by atoms with Crippen LogP contribution in [0.1, 0.15) is 72.6 Å². The quantitative estimate of drug-likeness (QED) is 0.319. The second kappa shape index (κ2) is 12.0. The summed E-state index contributed by atoms with van der Waals surface area (Å²) in [5.41, 5.74) is -1.42. The Morgan fingerprint density at radius 3 is 2.16 bits per heavy atom. The maximum Gasteiger partial charge on any atom is 0.433 e. The number of rotatable bonds is 5. The summed E-state index contributed by atoms with van der Waals surface area (Å²) in [5.74, 6) is -0.658. The molecule has 12 heteroatoms. The maximum atomic E-state index is 13.2. The molecule has 1 saturated heterocycles. The van der Waals surface area contributed by atoms with E-state index < -0.39 is 40.3 Å². The largest absolute Gasteiger partial charge is 0.433 e.